The Morgan fingerprint density at radius 2 is 2.04 bits per heavy atom. The predicted octanol–water partition coefficient (Wildman–Crippen LogP) is 3.24. The topological polar surface area (TPSA) is 66.8 Å². The number of allylic oxidation sites excluding steroid dienone is 3. The first kappa shape index (κ1) is 19.4. The molecule has 0 aromatic carbocycles. The second kappa shape index (κ2) is 8.45. The molecule has 4 nitrogen and oxygen atoms in total. The number of carbonyl (C=O) groups excluding carboxylic acids is 1. The van der Waals surface area contributed by atoms with Crippen LogP contribution in [0, 0.1) is 11.8 Å². The van der Waals surface area contributed by atoms with Gasteiger partial charge in [0.05, 0.1) is 18.8 Å². The van der Waals surface area contributed by atoms with Crippen molar-refractivity contribution >= 4 is 5.97 Å². The number of esters is 1. The summed E-state index contributed by atoms with van der Waals surface area (Å²) in [5.74, 6) is -0.549. The van der Waals surface area contributed by atoms with Gasteiger partial charge >= 0.3 is 5.97 Å². The SMILES string of the molecule is C=C1C[C@@H]2/C=C(\CO)CC/C=C(\C)C[C@H](OC(=O)C(=C)CO)[C@H]2C1=C. The highest BCUT2D eigenvalue weighted by atomic mass is 16.5. The summed E-state index contributed by atoms with van der Waals surface area (Å²) in [5, 5.41) is 18.8. The van der Waals surface area contributed by atoms with Crippen LogP contribution in [0.25, 0.3) is 0 Å². The molecule has 136 valence electrons. The van der Waals surface area contributed by atoms with Crippen LogP contribution in [-0.4, -0.2) is 35.5 Å². The summed E-state index contributed by atoms with van der Waals surface area (Å²) >= 11 is 0. The highest BCUT2D eigenvalue weighted by molar-refractivity contribution is 5.88. The summed E-state index contributed by atoms with van der Waals surface area (Å²) < 4.78 is 5.71. The van der Waals surface area contributed by atoms with Crippen molar-refractivity contribution in [3.63, 3.8) is 0 Å². The van der Waals surface area contributed by atoms with E-state index >= 15 is 0 Å². The Bertz CT molecular complexity index is 638. The van der Waals surface area contributed by atoms with Gasteiger partial charge in [0.2, 0.25) is 0 Å². The highest BCUT2D eigenvalue weighted by Crippen LogP contribution is 2.45. The number of rotatable bonds is 4. The van der Waals surface area contributed by atoms with Gasteiger partial charge in [0, 0.05) is 12.3 Å². The summed E-state index contributed by atoms with van der Waals surface area (Å²) in [6.45, 7) is 13.5. The molecule has 0 heterocycles. The van der Waals surface area contributed by atoms with Crippen LogP contribution >= 0.6 is 0 Å². The Labute approximate surface area is 149 Å². The van der Waals surface area contributed by atoms with Crippen molar-refractivity contribution in [2.24, 2.45) is 11.8 Å². The van der Waals surface area contributed by atoms with Crippen LogP contribution in [0.4, 0.5) is 0 Å². The number of hydrogen-bond acceptors (Lipinski definition) is 4. The fraction of sp³-hybridized carbons (Fsp3) is 0.476. The molecule has 0 saturated heterocycles. The van der Waals surface area contributed by atoms with Crippen molar-refractivity contribution in [2.75, 3.05) is 13.2 Å². The summed E-state index contributed by atoms with van der Waals surface area (Å²) in [5.41, 5.74) is 4.04. The third kappa shape index (κ3) is 4.59. The van der Waals surface area contributed by atoms with E-state index in [1.807, 2.05) is 6.92 Å². The van der Waals surface area contributed by atoms with E-state index in [0.29, 0.717) is 6.42 Å². The molecule has 25 heavy (non-hydrogen) atoms. The van der Waals surface area contributed by atoms with Crippen molar-refractivity contribution in [3.8, 4) is 0 Å². The van der Waals surface area contributed by atoms with E-state index in [-0.39, 0.29) is 24.0 Å². The minimum atomic E-state index is -0.576. The maximum atomic E-state index is 12.2. The fourth-order valence-electron chi connectivity index (χ4n) is 3.65. The lowest BCUT2D eigenvalue weighted by atomic mass is 9.83. The van der Waals surface area contributed by atoms with Crippen molar-refractivity contribution in [3.05, 3.63) is 59.8 Å². The summed E-state index contributed by atoms with van der Waals surface area (Å²) in [7, 11) is 0. The average molecular weight is 344 g/mol. The molecular formula is C21H28O4. The number of hydrogen-bond donors (Lipinski definition) is 2. The third-order valence-corrected chi connectivity index (χ3v) is 5.07. The van der Waals surface area contributed by atoms with Gasteiger partial charge in [0.25, 0.3) is 0 Å². The van der Waals surface area contributed by atoms with E-state index in [4.69, 9.17) is 9.84 Å². The first-order valence-electron chi connectivity index (χ1n) is 8.70. The van der Waals surface area contributed by atoms with Gasteiger partial charge in [-0.25, -0.2) is 4.79 Å². The number of fused-ring (bicyclic) bond motifs is 1. The highest BCUT2D eigenvalue weighted by Gasteiger charge is 2.40. The van der Waals surface area contributed by atoms with E-state index < -0.39 is 18.7 Å². The number of aliphatic hydroxyl groups excluding tert-OH is 2. The zero-order valence-corrected chi connectivity index (χ0v) is 15.0. The molecular weight excluding hydrogens is 316 g/mol. The minimum absolute atomic E-state index is 0.0286. The van der Waals surface area contributed by atoms with E-state index in [0.717, 1.165) is 41.6 Å². The van der Waals surface area contributed by atoms with Gasteiger partial charge < -0.3 is 14.9 Å². The third-order valence-electron chi connectivity index (χ3n) is 5.07. The van der Waals surface area contributed by atoms with Gasteiger partial charge in [-0.05, 0) is 43.3 Å². The van der Waals surface area contributed by atoms with Gasteiger partial charge in [0.1, 0.15) is 6.10 Å². The normalized spacial score (nSPS) is 31.4. The van der Waals surface area contributed by atoms with Crippen molar-refractivity contribution in [1.82, 2.24) is 0 Å². The molecule has 0 aliphatic heterocycles. The van der Waals surface area contributed by atoms with Crippen LogP contribution in [0.5, 0.6) is 0 Å². The summed E-state index contributed by atoms with van der Waals surface area (Å²) in [6, 6.07) is 0. The molecule has 2 aliphatic carbocycles. The zero-order valence-electron chi connectivity index (χ0n) is 15.0. The molecule has 2 aliphatic rings. The Hall–Kier alpha value is -1.91. The largest absolute Gasteiger partial charge is 0.458 e. The van der Waals surface area contributed by atoms with Gasteiger partial charge in [-0.3, -0.25) is 0 Å². The lowest BCUT2D eigenvalue weighted by molar-refractivity contribution is -0.147. The maximum absolute atomic E-state index is 12.2. The standard InChI is InChI=1S/C21H28O4/c1-13-6-5-7-17(12-23)10-18-9-14(2)16(4)20(18)19(8-13)25-21(24)15(3)11-22/h6,10,18-20,22-23H,2-5,7-9,11-12H2,1H3/b13-6+,17-10-/t18-,19+,20+/m1/s1. The Morgan fingerprint density at radius 3 is 2.68 bits per heavy atom. The molecule has 0 spiro atoms. The van der Waals surface area contributed by atoms with Crippen LogP contribution in [-0.2, 0) is 9.53 Å². The molecule has 0 aromatic rings. The summed E-state index contributed by atoms with van der Waals surface area (Å²) in [6.07, 6.45) is 6.87. The van der Waals surface area contributed by atoms with Crippen LogP contribution in [0.2, 0.25) is 0 Å². The molecule has 0 radical (unpaired) electrons. The molecule has 4 heteroatoms. The second-order valence-electron chi connectivity index (χ2n) is 7.00. The second-order valence-corrected chi connectivity index (χ2v) is 7.00. The van der Waals surface area contributed by atoms with Gasteiger partial charge in [-0.15, -0.1) is 0 Å². The van der Waals surface area contributed by atoms with E-state index in [2.05, 4.69) is 31.9 Å². The van der Waals surface area contributed by atoms with E-state index in [9.17, 15) is 9.90 Å². The first-order chi connectivity index (χ1) is 11.9. The molecule has 3 atom stereocenters. The number of carbonyl (C=O) groups is 1. The fourth-order valence-corrected chi connectivity index (χ4v) is 3.65. The van der Waals surface area contributed by atoms with Crippen LogP contribution in [0.3, 0.4) is 0 Å². The average Bonchev–Trinajstić information content (AvgIpc) is 2.86. The van der Waals surface area contributed by atoms with Gasteiger partial charge in [-0.2, -0.15) is 0 Å². The maximum Gasteiger partial charge on any atom is 0.336 e. The van der Waals surface area contributed by atoms with Gasteiger partial charge in [-0.1, -0.05) is 43.0 Å². The Morgan fingerprint density at radius 1 is 1.32 bits per heavy atom. The smallest absolute Gasteiger partial charge is 0.336 e. The van der Waals surface area contributed by atoms with E-state index in [1.165, 1.54) is 0 Å². The molecule has 2 rings (SSSR count). The molecule has 0 unspecified atom stereocenters. The number of aliphatic hydroxyl groups is 2. The van der Waals surface area contributed by atoms with Crippen molar-refractivity contribution in [1.29, 1.82) is 0 Å². The molecule has 1 saturated carbocycles. The van der Waals surface area contributed by atoms with Gasteiger partial charge in [0.15, 0.2) is 0 Å². The number of ether oxygens (including phenoxy) is 1. The predicted molar refractivity (Wildman–Crippen MR) is 98.8 cm³/mol. The lowest BCUT2D eigenvalue weighted by Crippen LogP contribution is -2.31. The first-order valence-corrected chi connectivity index (χ1v) is 8.70. The molecule has 1 fully saturated rings. The molecule has 2 N–H and O–H groups in total. The Balaban J connectivity index is 2.38. The van der Waals surface area contributed by atoms with E-state index in [1.54, 1.807) is 0 Å². The lowest BCUT2D eigenvalue weighted by Gasteiger charge is -2.29. The molecule has 0 aromatic heterocycles. The van der Waals surface area contributed by atoms with Crippen molar-refractivity contribution < 1.29 is 19.7 Å². The molecule has 0 bridgehead atoms. The Kier molecular flexibility index (Phi) is 6.57. The summed E-state index contributed by atoms with van der Waals surface area (Å²) in [4.78, 5) is 12.2. The zero-order chi connectivity index (χ0) is 18.6. The van der Waals surface area contributed by atoms with Crippen LogP contribution in [0.1, 0.15) is 32.6 Å². The molecule has 0 amide bonds. The van der Waals surface area contributed by atoms with Crippen LogP contribution < -0.4 is 0 Å². The van der Waals surface area contributed by atoms with Crippen LogP contribution in [0.15, 0.2) is 59.8 Å². The van der Waals surface area contributed by atoms with Crippen molar-refractivity contribution in [2.45, 2.75) is 38.7 Å². The minimum Gasteiger partial charge on any atom is -0.458 e. The quantitative estimate of drug-likeness (QED) is 0.467. The monoisotopic (exact) mass is 344 g/mol.